The van der Waals surface area contributed by atoms with Crippen LogP contribution in [0.15, 0.2) is 4.99 Å². The largest absolute Gasteiger partial charge is 0.378 e. The standard InChI is InChI=1S/C14H27N3O2/c1-10(2)19-12-9-11(14(12,3)4)16-13(15)17-5-7-18-8-6-17/h10-12H,5-9H2,1-4H3,(H2,15,16)/t11-,12-/m0/s1. The van der Waals surface area contributed by atoms with Crippen LogP contribution in [0.2, 0.25) is 0 Å². The van der Waals surface area contributed by atoms with Gasteiger partial charge in [0, 0.05) is 18.5 Å². The molecule has 0 aromatic carbocycles. The highest BCUT2D eigenvalue weighted by molar-refractivity contribution is 5.78. The number of nitrogens with zero attached hydrogens (tertiary/aromatic N) is 2. The van der Waals surface area contributed by atoms with Gasteiger partial charge in [0.1, 0.15) is 0 Å². The van der Waals surface area contributed by atoms with Gasteiger partial charge in [-0.2, -0.15) is 0 Å². The highest BCUT2D eigenvalue weighted by Crippen LogP contribution is 2.45. The van der Waals surface area contributed by atoms with Crippen molar-refractivity contribution in [3.05, 3.63) is 0 Å². The lowest BCUT2D eigenvalue weighted by atomic mass is 9.64. The van der Waals surface area contributed by atoms with E-state index in [0.717, 1.165) is 32.7 Å². The van der Waals surface area contributed by atoms with Crippen molar-refractivity contribution in [2.24, 2.45) is 16.1 Å². The van der Waals surface area contributed by atoms with Gasteiger partial charge in [-0.3, -0.25) is 0 Å². The number of hydrogen-bond acceptors (Lipinski definition) is 3. The summed E-state index contributed by atoms with van der Waals surface area (Å²) >= 11 is 0. The molecule has 2 N–H and O–H groups in total. The number of ether oxygens (including phenoxy) is 2. The quantitative estimate of drug-likeness (QED) is 0.618. The molecule has 0 amide bonds. The zero-order valence-corrected chi connectivity index (χ0v) is 12.6. The second kappa shape index (κ2) is 5.67. The summed E-state index contributed by atoms with van der Waals surface area (Å²) < 4.78 is 11.2. The van der Waals surface area contributed by atoms with E-state index in [4.69, 9.17) is 20.2 Å². The molecule has 1 aliphatic carbocycles. The SMILES string of the molecule is CC(C)O[C@H]1C[C@H](N=C(N)N2CCOCC2)C1(C)C. The van der Waals surface area contributed by atoms with E-state index in [1.165, 1.54) is 0 Å². The van der Waals surface area contributed by atoms with Crippen LogP contribution in [0.1, 0.15) is 34.1 Å². The van der Waals surface area contributed by atoms with Gasteiger partial charge >= 0.3 is 0 Å². The van der Waals surface area contributed by atoms with Crippen LogP contribution >= 0.6 is 0 Å². The van der Waals surface area contributed by atoms with Gasteiger partial charge in [0.15, 0.2) is 5.96 Å². The third-order valence-electron chi connectivity index (χ3n) is 4.19. The van der Waals surface area contributed by atoms with Crippen molar-refractivity contribution in [1.29, 1.82) is 0 Å². The molecule has 5 heteroatoms. The number of nitrogens with two attached hydrogens (primary N) is 1. The van der Waals surface area contributed by atoms with E-state index >= 15 is 0 Å². The fourth-order valence-electron chi connectivity index (χ4n) is 2.68. The fraction of sp³-hybridized carbons (Fsp3) is 0.929. The Hall–Kier alpha value is -0.810. The van der Waals surface area contributed by atoms with Crippen LogP contribution in [-0.2, 0) is 9.47 Å². The van der Waals surface area contributed by atoms with Gasteiger partial charge in [0.05, 0.1) is 31.5 Å². The predicted molar refractivity (Wildman–Crippen MR) is 76.2 cm³/mol. The van der Waals surface area contributed by atoms with Gasteiger partial charge in [-0.15, -0.1) is 0 Å². The molecule has 0 aromatic rings. The van der Waals surface area contributed by atoms with Crippen LogP contribution in [0.3, 0.4) is 0 Å². The summed E-state index contributed by atoms with van der Waals surface area (Å²) in [5.41, 5.74) is 6.18. The second-order valence-electron chi connectivity index (χ2n) is 6.33. The molecular formula is C14H27N3O2. The Balaban J connectivity index is 1.92. The first-order valence-electron chi connectivity index (χ1n) is 7.22. The van der Waals surface area contributed by atoms with Crippen LogP contribution < -0.4 is 5.73 Å². The molecule has 2 aliphatic rings. The van der Waals surface area contributed by atoms with Gasteiger partial charge < -0.3 is 20.1 Å². The lowest BCUT2D eigenvalue weighted by Crippen LogP contribution is -2.56. The highest BCUT2D eigenvalue weighted by Gasteiger charge is 2.49. The Kier molecular flexibility index (Phi) is 4.36. The highest BCUT2D eigenvalue weighted by atomic mass is 16.5. The van der Waals surface area contributed by atoms with Gasteiger partial charge in [-0.05, 0) is 20.3 Å². The Labute approximate surface area is 116 Å². The maximum Gasteiger partial charge on any atom is 0.191 e. The predicted octanol–water partition coefficient (Wildman–Crippen LogP) is 1.23. The monoisotopic (exact) mass is 269 g/mol. The van der Waals surface area contributed by atoms with Crippen LogP contribution in [0.25, 0.3) is 0 Å². The first kappa shape index (κ1) is 14.6. The molecule has 0 radical (unpaired) electrons. The maximum absolute atomic E-state index is 6.11. The molecule has 0 unspecified atom stereocenters. The molecule has 2 atom stereocenters. The Bertz CT molecular complexity index is 336. The second-order valence-corrected chi connectivity index (χ2v) is 6.33. The van der Waals surface area contributed by atoms with E-state index in [2.05, 4.69) is 32.6 Å². The Morgan fingerprint density at radius 2 is 2.00 bits per heavy atom. The molecule has 2 rings (SSSR count). The number of guanidine groups is 1. The molecule has 0 bridgehead atoms. The summed E-state index contributed by atoms with van der Waals surface area (Å²) in [4.78, 5) is 6.81. The van der Waals surface area contributed by atoms with Gasteiger partial charge in [-0.25, -0.2) is 4.99 Å². The van der Waals surface area contributed by atoms with Crippen molar-refractivity contribution in [1.82, 2.24) is 4.90 Å². The van der Waals surface area contributed by atoms with E-state index in [1.807, 2.05) is 0 Å². The van der Waals surface area contributed by atoms with E-state index in [-0.39, 0.29) is 17.6 Å². The molecule has 5 nitrogen and oxygen atoms in total. The van der Waals surface area contributed by atoms with E-state index in [9.17, 15) is 0 Å². The van der Waals surface area contributed by atoms with E-state index < -0.39 is 0 Å². The lowest BCUT2D eigenvalue weighted by Gasteiger charge is -2.50. The molecule has 110 valence electrons. The van der Waals surface area contributed by atoms with Crippen LogP contribution in [0.4, 0.5) is 0 Å². The average molecular weight is 269 g/mol. The summed E-state index contributed by atoms with van der Waals surface area (Å²) in [6.45, 7) is 11.7. The lowest BCUT2D eigenvalue weighted by molar-refractivity contribution is -0.129. The molecule has 1 aliphatic heterocycles. The third kappa shape index (κ3) is 3.20. The summed E-state index contributed by atoms with van der Waals surface area (Å²) in [5, 5.41) is 0. The summed E-state index contributed by atoms with van der Waals surface area (Å²) in [5.74, 6) is 0.657. The normalized spacial score (nSPS) is 31.4. The minimum Gasteiger partial charge on any atom is -0.378 e. The maximum atomic E-state index is 6.11. The minimum atomic E-state index is 0.0706. The topological polar surface area (TPSA) is 60.1 Å². The molecule has 1 saturated heterocycles. The summed E-state index contributed by atoms with van der Waals surface area (Å²) in [6, 6.07) is 0.263. The van der Waals surface area contributed by atoms with Crippen LogP contribution in [0, 0.1) is 5.41 Å². The average Bonchev–Trinajstić information content (AvgIpc) is 2.38. The van der Waals surface area contributed by atoms with Crippen LogP contribution in [0.5, 0.6) is 0 Å². The third-order valence-corrected chi connectivity index (χ3v) is 4.19. The first-order valence-corrected chi connectivity index (χ1v) is 7.22. The van der Waals surface area contributed by atoms with Crippen molar-refractivity contribution < 1.29 is 9.47 Å². The van der Waals surface area contributed by atoms with Crippen molar-refractivity contribution >= 4 is 5.96 Å². The molecule has 1 heterocycles. The number of aliphatic imine (C=N–C) groups is 1. The fourth-order valence-corrected chi connectivity index (χ4v) is 2.68. The molecule has 0 aromatic heterocycles. The Morgan fingerprint density at radius 3 is 2.53 bits per heavy atom. The van der Waals surface area contributed by atoms with Gasteiger partial charge in [0.25, 0.3) is 0 Å². The summed E-state index contributed by atoms with van der Waals surface area (Å²) in [7, 11) is 0. The molecular weight excluding hydrogens is 242 g/mol. The minimum absolute atomic E-state index is 0.0706. The van der Waals surface area contributed by atoms with E-state index in [0.29, 0.717) is 12.1 Å². The smallest absolute Gasteiger partial charge is 0.191 e. The molecule has 1 saturated carbocycles. The van der Waals surface area contributed by atoms with Crippen molar-refractivity contribution in [3.8, 4) is 0 Å². The first-order chi connectivity index (χ1) is 8.91. The zero-order valence-electron chi connectivity index (χ0n) is 12.6. The van der Waals surface area contributed by atoms with Crippen molar-refractivity contribution in [2.45, 2.75) is 52.4 Å². The van der Waals surface area contributed by atoms with Gasteiger partial charge in [-0.1, -0.05) is 13.8 Å². The molecule has 2 fully saturated rings. The number of morpholine rings is 1. The number of hydrogen-bond donors (Lipinski definition) is 1. The Morgan fingerprint density at radius 1 is 1.37 bits per heavy atom. The van der Waals surface area contributed by atoms with Crippen molar-refractivity contribution in [3.63, 3.8) is 0 Å². The number of rotatable bonds is 3. The van der Waals surface area contributed by atoms with Crippen LogP contribution in [-0.4, -0.2) is 55.4 Å². The van der Waals surface area contributed by atoms with E-state index in [1.54, 1.807) is 0 Å². The zero-order chi connectivity index (χ0) is 14.0. The molecule has 19 heavy (non-hydrogen) atoms. The molecule has 0 spiro atoms. The summed E-state index contributed by atoms with van der Waals surface area (Å²) in [6.07, 6.45) is 1.53. The van der Waals surface area contributed by atoms with Gasteiger partial charge in [0.2, 0.25) is 0 Å². The van der Waals surface area contributed by atoms with Crippen molar-refractivity contribution in [2.75, 3.05) is 26.3 Å².